The number of piperazine rings is 1. The molecule has 0 saturated carbocycles. The average molecular weight is 493 g/mol. The van der Waals surface area contributed by atoms with Gasteiger partial charge in [0.1, 0.15) is 5.76 Å². The minimum atomic E-state index is -0.0344. The highest BCUT2D eigenvalue weighted by molar-refractivity contribution is 7.98. The number of carbonyl (C=O) groups is 1. The molecule has 35 heavy (non-hydrogen) atoms. The van der Waals surface area contributed by atoms with Gasteiger partial charge < -0.3 is 19.5 Å². The number of rotatable bonds is 11. The second kappa shape index (κ2) is 12.9. The number of oxazole rings is 1. The molecule has 0 spiro atoms. The molecule has 0 bridgehead atoms. The van der Waals surface area contributed by atoms with Gasteiger partial charge in [0.2, 0.25) is 5.89 Å². The Balaban J connectivity index is 1.22. The minimum Gasteiger partial charge on any atom is -0.441 e. The molecule has 1 N–H and O–H groups in total. The molecular formula is C28H36N4O2S. The van der Waals surface area contributed by atoms with Crippen molar-refractivity contribution in [3.63, 3.8) is 0 Å². The van der Waals surface area contributed by atoms with Crippen molar-refractivity contribution in [1.82, 2.24) is 20.1 Å². The summed E-state index contributed by atoms with van der Waals surface area (Å²) in [6.07, 6.45) is 2.19. The number of aromatic nitrogens is 1. The number of nitrogens with zero attached hydrogens (tertiary/aromatic N) is 3. The minimum absolute atomic E-state index is 0.0344. The number of aryl methyl sites for hydroxylation is 1. The highest BCUT2D eigenvalue weighted by atomic mass is 32.2. The normalized spacial score (nSPS) is 14.8. The summed E-state index contributed by atoms with van der Waals surface area (Å²) in [7, 11) is 0. The van der Waals surface area contributed by atoms with E-state index in [1.54, 1.807) is 11.8 Å². The van der Waals surface area contributed by atoms with Gasteiger partial charge in [-0.25, -0.2) is 4.98 Å². The van der Waals surface area contributed by atoms with Crippen LogP contribution in [0.2, 0.25) is 0 Å². The maximum atomic E-state index is 12.6. The molecule has 2 heterocycles. The third kappa shape index (κ3) is 7.43. The lowest BCUT2D eigenvalue weighted by Gasteiger charge is -2.34. The van der Waals surface area contributed by atoms with E-state index in [0.29, 0.717) is 18.0 Å². The first-order valence-electron chi connectivity index (χ1n) is 12.6. The van der Waals surface area contributed by atoms with Gasteiger partial charge in [-0.15, -0.1) is 11.8 Å². The molecule has 1 amide bonds. The molecule has 3 aromatic rings. The van der Waals surface area contributed by atoms with E-state index in [1.807, 2.05) is 49.4 Å². The first kappa shape index (κ1) is 25.5. The molecule has 186 valence electrons. The second-order valence-corrected chi connectivity index (χ2v) is 10.0. The largest absolute Gasteiger partial charge is 0.441 e. The summed E-state index contributed by atoms with van der Waals surface area (Å²) in [4.78, 5) is 23.5. The van der Waals surface area contributed by atoms with Crippen molar-refractivity contribution >= 4 is 17.7 Å². The van der Waals surface area contributed by atoms with E-state index < -0.39 is 0 Å². The summed E-state index contributed by atoms with van der Waals surface area (Å²) in [6, 6.07) is 17.8. The lowest BCUT2D eigenvalue weighted by Crippen LogP contribution is -2.47. The van der Waals surface area contributed by atoms with Crippen molar-refractivity contribution in [2.75, 3.05) is 45.8 Å². The maximum Gasteiger partial charge on any atom is 0.251 e. The number of carbonyl (C=O) groups excluding carboxylic acids is 1. The Labute approximate surface area is 213 Å². The predicted octanol–water partition coefficient (Wildman–Crippen LogP) is 5.09. The van der Waals surface area contributed by atoms with Crippen molar-refractivity contribution in [3.05, 3.63) is 71.6 Å². The SMILES string of the molecule is CCCN1CCN(CCCNC(=O)c2ccc(-c3nc(CSc4ccccc4)c(C)o3)cc2)CC1. The van der Waals surface area contributed by atoms with Crippen molar-refractivity contribution in [3.8, 4) is 11.5 Å². The monoisotopic (exact) mass is 492 g/mol. The van der Waals surface area contributed by atoms with Crippen molar-refractivity contribution < 1.29 is 9.21 Å². The Kier molecular flexibility index (Phi) is 9.40. The van der Waals surface area contributed by atoms with E-state index in [9.17, 15) is 4.79 Å². The van der Waals surface area contributed by atoms with E-state index in [2.05, 4.69) is 34.2 Å². The van der Waals surface area contributed by atoms with Gasteiger partial charge in [0.05, 0.1) is 5.69 Å². The lowest BCUT2D eigenvalue weighted by molar-refractivity contribution is 0.0948. The first-order chi connectivity index (χ1) is 17.1. The van der Waals surface area contributed by atoms with E-state index in [1.165, 1.54) is 17.9 Å². The molecule has 0 unspecified atom stereocenters. The van der Waals surface area contributed by atoms with Crippen molar-refractivity contribution in [2.45, 2.75) is 37.3 Å². The summed E-state index contributed by atoms with van der Waals surface area (Å²) < 4.78 is 5.91. The fourth-order valence-corrected chi connectivity index (χ4v) is 5.20. The van der Waals surface area contributed by atoms with E-state index in [0.717, 1.165) is 61.9 Å². The van der Waals surface area contributed by atoms with Gasteiger partial charge in [0, 0.05) is 54.5 Å². The highest BCUT2D eigenvalue weighted by Crippen LogP contribution is 2.27. The van der Waals surface area contributed by atoms with Crippen LogP contribution in [-0.4, -0.2) is 66.5 Å². The molecular weight excluding hydrogens is 456 g/mol. The zero-order valence-electron chi connectivity index (χ0n) is 20.8. The summed E-state index contributed by atoms with van der Waals surface area (Å²) in [5.41, 5.74) is 2.48. The topological polar surface area (TPSA) is 61.6 Å². The van der Waals surface area contributed by atoms with Crippen LogP contribution in [0.5, 0.6) is 0 Å². The van der Waals surface area contributed by atoms with Gasteiger partial charge in [-0.2, -0.15) is 0 Å². The van der Waals surface area contributed by atoms with E-state index in [4.69, 9.17) is 9.40 Å². The quantitative estimate of drug-likeness (QED) is 0.297. The molecule has 7 heteroatoms. The molecule has 0 radical (unpaired) electrons. The van der Waals surface area contributed by atoms with Gasteiger partial charge >= 0.3 is 0 Å². The zero-order chi connectivity index (χ0) is 24.5. The zero-order valence-corrected chi connectivity index (χ0v) is 21.7. The summed E-state index contributed by atoms with van der Waals surface area (Å²) >= 11 is 1.74. The molecule has 0 atom stereocenters. The Morgan fingerprint density at radius 3 is 2.37 bits per heavy atom. The van der Waals surface area contributed by atoms with E-state index >= 15 is 0 Å². The van der Waals surface area contributed by atoms with Gasteiger partial charge in [-0.3, -0.25) is 4.79 Å². The average Bonchev–Trinajstić information content (AvgIpc) is 3.27. The van der Waals surface area contributed by atoms with Crippen LogP contribution in [0.4, 0.5) is 0 Å². The highest BCUT2D eigenvalue weighted by Gasteiger charge is 2.16. The van der Waals surface area contributed by atoms with Crippen LogP contribution >= 0.6 is 11.8 Å². The maximum absolute atomic E-state index is 12.6. The molecule has 1 aromatic heterocycles. The van der Waals surface area contributed by atoms with E-state index in [-0.39, 0.29) is 5.91 Å². The van der Waals surface area contributed by atoms with Gasteiger partial charge in [-0.05, 0) is 69.3 Å². The predicted molar refractivity (Wildman–Crippen MR) is 143 cm³/mol. The molecule has 1 aliphatic rings. The van der Waals surface area contributed by atoms with Crippen LogP contribution in [0.25, 0.3) is 11.5 Å². The fraction of sp³-hybridized carbons (Fsp3) is 0.429. The van der Waals surface area contributed by atoms with Crippen LogP contribution in [0.3, 0.4) is 0 Å². The van der Waals surface area contributed by atoms with Crippen LogP contribution in [0.15, 0.2) is 63.9 Å². The molecule has 4 rings (SSSR count). The van der Waals surface area contributed by atoms with Gasteiger partial charge in [0.25, 0.3) is 5.91 Å². The number of hydrogen-bond acceptors (Lipinski definition) is 6. The smallest absolute Gasteiger partial charge is 0.251 e. The Hall–Kier alpha value is -2.61. The number of hydrogen-bond donors (Lipinski definition) is 1. The number of nitrogens with one attached hydrogen (secondary N) is 1. The number of benzene rings is 2. The molecule has 1 fully saturated rings. The third-order valence-electron chi connectivity index (χ3n) is 6.35. The Morgan fingerprint density at radius 1 is 1.00 bits per heavy atom. The van der Waals surface area contributed by atoms with Crippen LogP contribution in [-0.2, 0) is 5.75 Å². The number of thioether (sulfide) groups is 1. The molecule has 6 nitrogen and oxygen atoms in total. The first-order valence-corrected chi connectivity index (χ1v) is 13.6. The second-order valence-electron chi connectivity index (χ2n) is 8.99. The van der Waals surface area contributed by atoms with Crippen molar-refractivity contribution in [1.29, 1.82) is 0 Å². The van der Waals surface area contributed by atoms with Gasteiger partial charge in [0.15, 0.2) is 0 Å². The Bertz CT molecular complexity index is 1060. The summed E-state index contributed by atoms with van der Waals surface area (Å²) in [5.74, 6) is 2.15. The van der Waals surface area contributed by atoms with Crippen LogP contribution in [0.1, 0.15) is 41.6 Å². The molecule has 1 saturated heterocycles. The molecule has 0 aliphatic carbocycles. The molecule has 2 aromatic carbocycles. The van der Waals surface area contributed by atoms with Gasteiger partial charge in [-0.1, -0.05) is 25.1 Å². The summed E-state index contributed by atoms with van der Waals surface area (Å²) in [5, 5.41) is 3.05. The standard InChI is InChI=1S/C28H36N4O2S/c1-3-15-31-17-19-32(20-18-31)16-7-14-29-27(33)23-10-12-24(13-11-23)28-30-26(22(2)34-28)21-35-25-8-5-4-6-9-25/h4-6,8-13H,3,7,14-21H2,1-2H3,(H,29,33). The number of amides is 1. The Morgan fingerprint density at radius 2 is 1.69 bits per heavy atom. The van der Waals surface area contributed by atoms with Crippen LogP contribution in [0, 0.1) is 6.92 Å². The van der Waals surface area contributed by atoms with Crippen LogP contribution < -0.4 is 5.32 Å². The fourth-order valence-electron chi connectivity index (χ4n) is 4.28. The third-order valence-corrected chi connectivity index (χ3v) is 7.37. The lowest BCUT2D eigenvalue weighted by atomic mass is 10.1. The van der Waals surface area contributed by atoms with Crippen molar-refractivity contribution in [2.24, 2.45) is 0 Å². The molecule has 1 aliphatic heterocycles. The summed E-state index contributed by atoms with van der Waals surface area (Å²) in [6.45, 7) is 11.7.